The molecule has 160 valence electrons. The van der Waals surface area contributed by atoms with Crippen LogP contribution in [0, 0.1) is 0 Å². The molecular weight excluding hydrogens is 386 g/mol. The number of methoxy groups -OCH3 is 1. The smallest absolute Gasteiger partial charge is 0.407 e. The van der Waals surface area contributed by atoms with Crippen LogP contribution < -0.4 is 20.7 Å². The molecule has 1 fully saturated rings. The number of aromatic nitrogens is 1. The number of benzene rings is 1. The standard InChI is InChI=1S/C21H27N5O4/c1-29-17-5-2-4-16(14-17)18-6-3-7-20(24-18)26-12-10-25(11-13-26)9-8-23-21(28)30-15-19(22)27/h2-7,14H,8-13,15H2,1H3,(H2,22,27)(H,23,28). The Balaban J connectivity index is 1.48. The highest BCUT2D eigenvalue weighted by atomic mass is 16.6. The maximum absolute atomic E-state index is 11.4. The molecule has 3 rings (SSSR count). The van der Waals surface area contributed by atoms with E-state index in [1.807, 2.05) is 42.5 Å². The molecule has 1 aliphatic rings. The summed E-state index contributed by atoms with van der Waals surface area (Å²) in [4.78, 5) is 31.4. The predicted molar refractivity (Wildman–Crippen MR) is 113 cm³/mol. The van der Waals surface area contributed by atoms with E-state index < -0.39 is 18.6 Å². The molecule has 30 heavy (non-hydrogen) atoms. The van der Waals surface area contributed by atoms with Crippen LogP contribution in [-0.2, 0) is 9.53 Å². The van der Waals surface area contributed by atoms with Gasteiger partial charge in [-0.15, -0.1) is 0 Å². The number of hydrogen-bond acceptors (Lipinski definition) is 7. The Morgan fingerprint density at radius 3 is 2.63 bits per heavy atom. The number of anilines is 1. The number of carbonyl (C=O) groups excluding carboxylic acids is 2. The molecular formula is C21H27N5O4. The highest BCUT2D eigenvalue weighted by Gasteiger charge is 2.18. The third-order valence-corrected chi connectivity index (χ3v) is 4.84. The largest absolute Gasteiger partial charge is 0.497 e. The SMILES string of the molecule is COc1cccc(-c2cccc(N3CCN(CCNC(=O)OCC(N)=O)CC3)n2)c1. The van der Waals surface area contributed by atoms with Crippen molar-refractivity contribution >= 4 is 17.8 Å². The Morgan fingerprint density at radius 2 is 1.90 bits per heavy atom. The summed E-state index contributed by atoms with van der Waals surface area (Å²) in [7, 11) is 1.65. The highest BCUT2D eigenvalue weighted by molar-refractivity contribution is 5.78. The number of primary amides is 1. The Kier molecular flexibility index (Phi) is 7.45. The quantitative estimate of drug-likeness (QED) is 0.667. The van der Waals surface area contributed by atoms with Crippen LogP contribution >= 0.6 is 0 Å². The average Bonchev–Trinajstić information content (AvgIpc) is 2.78. The molecule has 1 aromatic heterocycles. The number of nitrogens with zero attached hydrogens (tertiary/aromatic N) is 3. The lowest BCUT2D eigenvalue weighted by Crippen LogP contribution is -2.48. The van der Waals surface area contributed by atoms with Gasteiger partial charge in [-0.05, 0) is 24.3 Å². The fraction of sp³-hybridized carbons (Fsp3) is 0.381. The summed E-state index contributed by atoms with van der Waals surface area (Å²) < 4.78 is 9.97. The van der Waals surface area contributed by atoms with E-state index in [0.29, 0.717) is 13.1 Å². The Morgan fingerprint density at radius 1 is 1.13 bits per heavy atom. The summed E-state index contributed by atoms with van der Waals surface area (Å²) in [6.07, 6.45) is -0.633. The van der Waals surface area contributed by atoms with Crippen molar-refractivity contribution < 1.29 is 19.1 Å². The van der Waals surface area contributed by atoms with Crippen molar-refractivity contribution in [3.8, 4) is 17.0 Å². The van der Waals surface area contributed by atoms with Gasteiger partial charge in [-0.25, -0.2) is 9.78 Å². The van der Waals surface area contributed by atoms with Crippen molar-refractivity contribution in [1.82, 2.24) is 15.2 Å². The Bertz CT molecular complexity index is 868. The number of amides is 2. The van der Waals surface area contributed by atoms with Gasteiger partial charge in [0.15, 0.2) is 6.61 Å². The molecule has 0 saturated carbocycles. The molecule has 0 radical (unpaired) electrons. The maximum atomic E-state index is 11.4. The van der Waals surface area contributed by atoms with Crippen molar-refractivity contribution in [1.29, 1.82) is 0 Å². The number of piperazine rings is 1. The molecule has 3 N–H and O–H groups in total. The van der Waals surface area contributed by atoms with Crippen LogP contribution in [-0.4, -0.2) is 74.9 Å². The number of alkyl carbamates (subject to hydrolysis) is 1. The van der Waals surface area contributed by atoms with E-state index in [9.17, 15) is 9.59 Å². The van der Waals surface area contributed by atoms with Gasteiger partial charge in [0.05, 0.1) is 12.8 Å². The second-order valence-corrected chi connectivity index (χ2v) is 6.91. The second kappa shape index (κ2) is 10.4. The zero-order chi connectivity index (χ0) is 21.3. The van der Waals surface area contributed by atoms with Crippen LogP contribution in [0.1, 0.15) is 0 Å². The average molecular weight is 413 g/mol. The van der Waals surface area contributed by atoms with Crippen LogP contribution in [0.3, 0.4) is 0 Å². The molecule has 0 bridgehead atoms. The van der Waals surface area contributed by atoms with E-state index in [0.717, 1.165) is 49.0 Å². The van der Waals surface area contributed by atoms with Gasteiger partial charge in [-0.2, -0.15) is 0 Å². The number of pyridine rings is 1. The number of nitrogens with one attached hydrogen (secondary N) is 1. The van der Waals surface area contributed by atoms with E-state index >= 15 is 0 Å². The molecule has 2 amide bonds. The van der Waals surface area contributed by atoms with E-state index in [4.69, 9.17) is 15.5 Å². The van der Waals surface area contributed by atoms with Gasteiger partial charge in [-0.3, -0.25) is 9.69 Å². The Hall–Kier alpha value is -3.33. The fourth-order valence-electron chi connectivity index (χ4n) is 3.25. The predicted octanol–water partition coefficient (Wildman–Crippen LogP) is 1.09. The summed E-state index contributed by atoms with van der Waals surface area (Å²) in [5, 5.41) is 2.62. The molecule has 2 heterocycles. The molecule has 1 aliphatic heterocycles. The zero-order valence-electron chi connectivity index (χ0n) is 17.0. The first-order chi connectivity index (χ1) is 14.5. The van der Waals surface area contributed by atoms with Crippen molar-refractivity contribution in [3.05, 3.63) is 42.5 Å². The molecule has 0 spiro atoms. The van der Waals surface area contributed by atoms with E-state index in [1.54, 1.807) is 7.11 Å². The first-order valence-electron chi connectivity index (χ1n) is 9.83. The van der Waals surface area contributed by atoms with Crippen molar-refractivity contribution in [2.45, 2.75) is 0 Å². The van der Waals surface area contributed by atoms with E-state index in [-0.39, 0.29) is 0 Å². The molecule has 1 aromatic carbocycles. The molecule has 1 saturated heterocycles. The highest BCUT2D eigenvalue weighted by Crippen LogP contribution is 2.24. The van der Waals surface area contributed by atoms with Crippen LogP contribution in [0.25, 0.3) is 11.3 Å². The van der Waals surface area contributed by atoms with Gasteiger partial charge in [0, 0.05) is 44.8 Å². The van der Waals surface area contributed by atoms with Gasteiger partial charge < -0.3 is 25.4 Å². The lowest BCUT2D eigenvalue weighted by Gasteiger charge is -2.35. The normalized spacial score (nSPS) is 14.2. The second-order valence-electron chi connectivity index (χ2n) is 6.91. The minimum atomic E-state index is -0.676. The van der Waals surface area contributed by atoms with Crippen molar-refractivity contribution in [2.75, 3.05) is 57.9 Å². The van der Waals surface area contributed by atoms with Crippen molar-refractivity contribution in [2.24, 2.45) is 5.73 Å². The first kappa shape index (κ1) is 21.4. The van der Waals surface area contributed by atoms with Gasteiger partial charge >= 0.3 is 6.09 Å². The summed E-state index contributed by atoms with van der Waals surface area (Å²) >= 11 is 0. The monoisotopic (exact) mass is 413 g/mol. The van der Waals surface area contributed by atoms with E-state index in [2.05, 4.69) is 19.9 Å². The molecule has 9 heteroatoms. The van der Waals surface area contributed by atoms with E-state index in [1.165, 1.54) is 0 Å². The number of carbonyl (C=O) groups is 2. The van der Waals surface area contributed by atoms with Crippen LogP contribution in [0.15, 0.2) is 42.5 Å². The lowest BCUT2D eigenvalue weighted by atomic mass is 10.1. The van der Waals surface area contributed by atoms with Gasteiger partial charge in [0.25, 0.3) is 5.91 Å². The summed E-state index contributed by atoms with van der Waals surface area (Å²) in [6.45, 7) is 4.16. The summed E-state index contributed by atoms with van der Waals surface area (Å²) in [5.74, 6) is 1.08. The third kappa shape index (κ3) is 6.08. The molecule has 0 aliphatic carbocycles. The fourth-order valence-corrected chi connectivity index (χ4v) is 3.25. The number of ether oxygens (including phenoxy) is 2. The van der Waals surface area contributed by atoms with Crippen LogP contribution in [0.5, 0.6) is 5.75 Å². The lowest BCUT2D eigenvalue weighted by molar-refractivity contribution is -0.120. The van der Waals surface area contributed by atoms with Crippen molar-refractivity contribution in [3.63, 3.8) is 0 Å². The maximum Gasteiger partial charge on any atom is 0.407 e. The van der Waals surface area contributed by atoms with Gasteiger partial charge in [0.1, 0.15) is 11.6 Å². The van der Waals surface area contributed by atoms with Crippen LogP contribution in [0.4, 0.5) is 10.6 Å². The van der Waals surface area contributed by atoms with Crippen LogP contribution in [0.2, 0.25) is 0 Å². The minimum absolute atomic E-state index is 0.410. The molecule has 0 unspecified atom stereocenters. The first-order valence-corrected chi connectivity index (χ1v) is 9.83. The molecule has 9 nitrogen and oxygen atoms in total. The Labute approximate surface area is 175 Å². The number of hydrogen-bond donors (Lipinski definition) is 2. The van der Waals surface area contributed by atoms with Gasteiger partial charge in [0.2, 0.25) is 0 Å². The van der Waals surface area contributed by atoms with Gasteiger partial charge in [-0.1, -0.05) is 18.2 Å². The number of rotatable bonds is 8. The minimum Gasteiger partial charge on any atom is -0.497 e. The molecule has 2 aromatic rings. The zero-order valence-corrected chi connectivity index (χ0v) is 17.0. The summed E-state index contributed by atoms with van der Waals surface area (Å²) in [5.41, 5.74) is 6.86. The summed E-state index contributed by atoms with van der Waals surface area (Å²) in [6, 6.07) is 13.9. The topological polar surface area (TPSA) is 110 Å². The number of nitrogens with two attached hydrogens (primary N) is 1. The molecule has 0 atom stereocenters. The third-order valence-electron chi connectivity index (χ3n) is 4.84.